The topological polar surface area (TPSA) is 55.6 Å². The van der Waals surface area contributed by atoms with Crippen molar-refractivity contribution in [2.24, 2.45) is 5.73 Å². The highest BCUT2D eigenvalue weighted by Gasteiger charge is 2.37. The van der Waals surface area contributed by atoms with Crippen LogP contribution in [0.5, 0.6) is 5.75 Å². The van der Waals surface area contributed by atoms with Crippen molar-refractivity contribution >= 4 is 29.9 Å². The fourth-order valence-electron chi connectivity index (χ4n) is 2.73. The minimum Gasteiger partial charge on any atom is -0.490 e. The molecule has 0 atom stereocenters. The Balaban J connectivity index is 0.00000242. The number of benzene rings is 1. The van der Waals surface area contributed by atoms with Gasteiger partial charge in [0.05, 0.1) is 17.1 Å². The van der Waals surface area contributed by atoms with Crippen LogP contribution in [0.1, 0.15) is 32.1 Å². The molecule has 0 aliphatic heterocycles. The molecule has 1 amide bonds. The Bertz CT molecular complexity index is 491. The summed E-state index contributed by atoms with van der Waals surface area (Å²) in [5.74, 6) is 0.658. The van der Waals surface area contributed by atoms with Crippen LogP contribution in [-0.4, -0.2) is 36.5 Å². The zero-order valence-corrected chi connectivity index (χ0v) is 14.5. The monoisotopic (exact) mass is 346 g/mol. The smallest absolute Gasteiger partial charge is 0.242 e. The van der Waals surface area contributed by atoms with Crippen molar-refractivity contribution in [3.63, 3.8) is 0 Å². The molecule has 1 aromatic rings. The molecule has 0 aromatic heterocycles. The Labute approximate surface area is 143 Å². The summed E-state index contributed by atoms with van der Waals surface area (Å²) in [6, 6.07) is 7.32. The number of amides is 1. The number of rotatable bonds is 5. The fraction of sp³-hybridized carbons (Fsp3) is 0.562. The second-order valence-corrected chi connectivity index (χ2v) is 6.13. The minimum atomic E-state index is -0.683. The normalized spacial score (nSPS) is 16.5. The van der Waals surface area contributed by atoms with E-state index in [-0.39, 0.29) is 18.3 Å². The summed E-state index contributed by atoms with van der Waals surface area (Å²) in [4.78, 5) is 14.1. The Kier molecular flexibility index (Phi) is 7.46. The van der Waals surface area contributed by atoms with Gasteiger partial charge in [0, 0.05) is 7.05 Å². The molecule has 1 aromatic carbocycles. The maximum absolute atomic E-state index is 12.4. The second kappa shape index (κ2) is 8.61. The van der Waals surface area contributed by atoms with E-state index >= 15 is 0 Å². The van der Waals surface area contributed by atoms with Gasteiger partial charge in [0.25, 0.3) is 0 Å². The number of halogens is 2. The fourth-order valence-corrected chi connectivity index (χ4v) is 2.92. The van der Waals surface area contributed by atoms with Gasteiger partial charge in [-0.3, -0.25) is 4.79 Å². The lowest BCUT2D eigenvalue weighted by molar-refractivity contribution is -0.137. The van der Waals surface area contributed by atoms with Gasteiger partial charge in [-0.15, -0.1) is 12.4 Å². The van der Waals surface area contributed by atoms with Gasteiger partial charge in [0.1, 0.15) is 12.4 Å². The lowest BCUT2D eigenvalue weighted by Crippen LogP contribution is -2.55. The van der Waals surface area contributed by atoms with Crippen LogP contribution in [0.15, 0.2) is 24.3 Å². The van der Waals surface area contributed by atoms with Crippen molar-refractivity contribution in [1.82, 2.24) is 4.90 Å². The molecule has 22 heavy (non-hydrogen) atoms. The van der Waals surface area contributed by atoms with E-state index in [0.717, 1.165) is 25.7 Å². The third-order valence-corrected chi connectivity index (χ3v) is 4.35. The summed E-state index contributed by atoms with van der Waals surface area (Å²) in [7, 11) is 1.78. The van der Waals surface area contributed by atoms with Crippen molar-refractivity contribution in [2.45, 2.75) is 37.6 Å². The highest BCUT2D eigenvalue weighted by molar-refractivity contribution is 6.32. The number of hydrogen-bond donors (Lipinski definition) is 1. The van der Waals surface area contributed by atoms with Crippen LogP contribution in [0.4, 0.5) is 0 Å². The first kappa shape index (κ1) is 19.1. The van der Waals surface area contributed by atoms with Gasteiger partial charge in [-0.25, -0.2) is 0 Å². The Morgan fingerprint density at radius 1 is 1.32 bits per heavy atom. The Hall–Kier alpha value is -0.970. The predicted molar refractivity (Wildman–Crippen MR) is 91.8 cm³/mol. The van der Waals surface area contributed by atoms with E-state index in [1.54, 1.807) is 18.0 Å². The predicted octanol–water partition coefficient (Wildman–Crippen LogP) is 3.26. The summed E-state index contributed by atoms with van der Waals surface area (Å²) in [5.41, 5.74) is 5.57. The van der Waals surface area contributed by atoms with Gasteiger partial charge in [0.15, 0.2) is 0 Å². The van der Waals surface area contributed by atoms with E-state index < -0.39 is 5.54 Å². The summed E-state index contributed by atoms with van der Waals surface area (Å²) in [6.07, 6.45) is 4.80. The SMILES string of the molecule is CN(CCOc1ccccc1Cl)C(=O)C1(N)CCCCC1.Cl. The van der Waals surface area contributed by atoms with Gasteiger partial charge in [-0.2, -0.15) is 0 Å². The molecule has 6 heteroatoms. The molecule has 1 aliphatic rings. The molecule has 0 heterocycles. The number of nitrogens with zero attached hydrogens (tertiary/aromatic N) is 1. The first-order valence-electron chi connectivity index (χ1n) is 7.45. The van der Waals surface area contributed by atoms with Crippen molar-refractivity contribution in [3.05, 3.63) is 29.3 Å². The zero-order valence-electron chi connectivity index (χ0n) is 12.9. The lowest BCUT2D eigenvalue weighted by atomic mass is 9.81. The van der Waals surface area contributed by atoms with Crippen LogP contribution in [0.3, 0.4) is 0 Å². The van der Waals surface area contributed by atoms with Gasteiger partial charge >= 0.3 is 0 Å². The van der Waals surface area contributed by atoms with E-state index in [0.29, 0.717) is 23.9 Å². The molecule has 0 unspecified atom stereocenters. The Morgan fingerprint density at radius 3 is 2.59 bits per heavy atom. The molecular formula is C16H24Cl2N2O2. The quantitative estimate of drug-likeness (QED) is 0.890. The van der Waals surface area contributed by atoms with E-state index in [1.807, 2.05) is 18.2 Å². The molecule has 0 spiro atoms. The third-order valence-electron chi connectivity index (χ3n) is 4.04. The summed E-state index contributed by atoms with van der Waals surface area (Å²) < 4.78 is 5.61. The molecule has 1 saturated carbocycles. The number of ether oxygens (including phenoxy) is 1. The van der Waals surface area contributed by atoms with Crippen LogP contribution < -0.4 is 10.5 Å². The number of nitrogens with two attached hydrogens (primary N) is 1. The summed E-state index contributed by atoms with van der Waals surface area (Å²) >= 11 is 6.02. The largest absolute Gasteiger partial charge is 0.490 e. The number of carbonyl (C=O) groups is 1. The van der Waals surface area contributed by atoms with Gasteiger partial charge in [0.2, 0.25) is 5.91 Å². The molecule has 4 nitrogen and oxygen atoms in total. The molecule has 124 valence electrons. The average Bonchev–Trinajstić information content (AvgIpc) is 2.49. The highest BCUT2D eigenvalue weighted by Crippen LogP contribution is 2.27. The lowest BCUT2D eigenvalue weighted by Gasteiger charge is -2.35. The van der Waals surface area contributed by atoms with Crippen molar-refractivity contribution in [2.75, 3.05) is 20.2 Å². The number of likely N-dealkylation sites (N-methyl/N-ethyl adjacent to an activating group) is 1. The second-order valence-electron chi connectivity index (χ2n) is 5.72. The van der Waals surface area contributed by atoms with E-state index in [1.165, 1.54) is 6.42 Å². The molecule has 2 N–H and O–H groups in total. The molecule has 0 radical (unpaired) electrons. The third kappa shape index (κ3) is 4.77. The van der Waals surface area contributed by atoms with Gasteiger partial charge < -0.3 is 15.4 Å². The molecule has 2 rings (SSSR count). The molecule has 1 aliphatic carbocycles. The van der Waals surface area contributed by atoms with Crippen molar-refractivity contribution in [1.29, 1.82) is 0 Å². The number of hydrogen-bond acceptors (Lipinski definition) is 3. The van der Waals surface area contributed by atoms with Gasteiger partial charge in [-0.05, 0) is 25.0 Å². The van der Waals surface area contributed by atoms with Crippen molar-refractivity contribution in [3.8, 4) is 5.75 Å². The molecular weight excluding hydrogens is 323 g/mol. The first-order valence-corrected chi connectivity index (χ1v) is 7.82. The van der Waals surface area contributed by atoms with E-state index in [4.69, 9.17) is 22.1 Å². The van der Waals surface area contributed by atoms with Gasteiger partial charge in [-0.1, -0.05) is 43.0 Å². The van der Waals surface area contributed by atoms with E-state index in [9.17, 15) is 4.79 Å². The van der Waals surface area contributed by atoms with Crippen LogP contribution >= 0.6 is 24.0 Å². The molecule has 0 saturated heterocycles. The highest BCUT2D eigenvalue weighted by atomic mass is 35.5. The van der Waals surface area contributed by atoms with Crippen LogP contribution in [0, 0.1) is 0 Å². The molecule has 1 fully saturated rings. The number of carbonyl (C=O) groups excluding carboxylic acids is 1. The van der Waals surface area contributed by atoms with Crippen LogP contribution in [-0.2, 0) is 4.79 Å². The molecule has 0 bridgehead atoms. The van der Waals surface area contributed by atoms with Crippen LogP contribution in [0.2, 0.25) is 5.02 Å². The zero-order chi connectivity index (χ0) is 15.3. The maximum atomic E-state index is 12.4. The van der Waals surface area contributed by atoms with E-state index in [2.05, 4.69) is 0 Å². The van der Waals surface area contributed by atoms with Crippen molar-refractivity contribution < 1.29 is 9.53 Å². The Morgan fingerprint density at radius 2 is 1.95 bits per heavy atom. The summed E-state index contributed by atoms with van der Waals surface area (Å²) in [6.45, 7) is 0.908. The standard InChI is InChI=1S/C16H23ClN2O2.ClH/c1-19(15(20)16(18)9-5-2-6-10-16)11-12-21-14-8-4-3-7-13(14)17;/h3-4,7-8H,2,5-6,9-12,18H2,1H3;1H. The first-order chi connectivity index (χ1) is 10.0. The summed E-state index contributed by atoms with van der Waals surface area (Å²) in [5, 5.41) is 0.578. The maximum Gasteiger partial charge on any atom is 0.242 e. The average molecular weight is 347 g/mol. The minimum absolute atomic E-state index is 0. The number of para-hydroxylation sites is 1. The van der Waals surface area contributed by atoms with Crippen LogP contribution in [0.25, 0.3) is 0 Å².